The van der Waals surface area contributed by atoms with Crippen LogP contribution in [0, 0.1) is 5.41 Å². The number of hydrogen-bond acceptors (Lipinski definition) is 3. The molecule has 3 nitrogen and oxygen atoms in total. The molecule has 0 fully saturated rings. The van der Waals surface area contributed by atoms with Crippen molar-refractivity contribution in [2.24, 2.45) is 0 Å². The summed E-state index contributed by atoms with van der Waals surface area (Å²) < 4.78 is 0. The fraction of sp³-hybridized carbons (Fsp3) is 0.250. The van der Waals surface area contributed by atoms with Crippen LogP contribution in [-0.2, 0) is 6.54 Å². The lowest BCUT2D eigenvalue weighted by molar-refractivity contribution is 0.727. The molecule has 0 saturated heterocycles. The molecule has 3 heteroatoms. The molecule has 0 aliphatic carbocycles. The second-order valence-corrected chi connectivity index (χ2v) is 3.15. The first-order valence-electron chi connectivity index (χ1n) is 5.08. The quantitative estimate of drug-likeness (QED) is 0.622. The summed E-state index contributed by atoms with van der Waals surface area (Å²) in [4.78, 5) is 0. The summed E-state index contributed by atoms with van der Waals surface area (Å²) >= 11 is 0. The monoisotopic (exact) mass is 203 g/mol. The molecule has 80 valence electrons. The molecule has 15 heavy (non-hydrogen) atoms. The largest absolute Gasteiger partial charge is 0.362 e. The topological polar surface area (TPSA) is 47.9 Å². The summed E-state index contributed by atoms with van der Waals surface area (Å²) in [5.74, 6) is 0. The van der Waals surface area contributed by atoms with E-state index in [0.717, 1.165) is 18.8 Å². The second kappa shape index (κ2) is 6.79. The molecule has 0 aliphatic rings. The van der Waals surface area contributed by atoms with E-state index in [-0.39, 0.29) is 0 Å². The van der Waals surface area contributed by atoms with Gasteiger partial charge in [-0.25, -0.2) is 0 Å². The first-order valence-corrected chi connectivity index (χ1v) is 5.08. The van der Waals surface area contributed by atoms with E-state index in [1.54, 1.807) is 12.3 Å². The van der Waals surface area contributed by atoms with Crippen LogP contribution >= 0.6 is 0 Å². The number of hydrogen-bond donors (Lipinski definition) is 3. The highest BCUT2D eigenvalue weighted by atomic mass is 14.8. The van der Waals surface area contributed by atoms with Crippen LogP contribution in [0.5, 0.6) is 0 Å². The van der Waals surface area contributed by atoms with E-state index in [0.29, 0.717) is 0 Å². The van der Waals surface area contributed by atoms with Gasteiger partial charge in [-0.1, -0.05) is 19.1 Å². The molecule has 0 aliphatic heterocycles. The number of anilines is 1. The molecule has 0 aromatic heterocycles. The highest BCUT2D eigenvalue weighted by molar-refractivity contribution is 5.68. The molecule has 0 spiro atoms. The smallest absolute Gasteiger partial charge is 0.0382 e. The maximum atomic E-state index is 6.84. The second-order valence-electron chi connectivity index (χ2n) is 3.15. The van der Waals surface area contributed by atoms with Crippen LogP contribution in [0.1, 0.15) is 12.5 Å². The van der Waals surface area contributed by atoms with E-state index < -0.39 is 0 Å². The Morgan fingerprint density at radius 2 is 2.27 bits per heavy atom. The molecule has 0 saturated carbocycles. The van der Waals surface area contributed by atoms with Crippen LogP contribution in [0.2, 0.25) is 0 Å². The summed E-state index contributed by atoms with van der Waals surface area (Å²) in [6.45, 7) is 3.96. The number of nitrogens with one attached hydrogen (secondary N) is 3. The maximum absolute atomic E-state index is 6.84. The van der Waals surface area contributed by atoms with Gasteiger partial charge in [-0.05, 0) is 30.3 Å². The van der Waals surface area contributed by atoms with Gasteiger partial charge in [0, 0.05) is 24.6 Å². The number of allylic oxidation sites excluding steroid dienone is 1. The van der Waals surface area contributed by atoms with E-state index in [9.17, 15) is 0 Å². The normalized spacial score (nSPS) is 10.5. The SMILES string of the molecule is CCNCc1cccc(N/C=C\C=N)c1. The third-order valence-corrected chi connectivity index (χ3v) is 1.95. The summed E-state index contributed by atoms with van der Waals surface area (Å²) in [5, 5.41) is 13.2. The molecule has 0 heterocycles. The minimum Gasteiger partial charge on any atom is -0.362 e. The Kier molecular flexibility index (Phi) is 5.19. The number of benzene rings is 1. The van der Waals surface area contributed by atoms with Gasteiger partial charge in [0.05, 0.1) is 0 Å². The van der Waals surface area contributed by atoms with E-state index >= 15 is 0 Å². The van der Waals surface area contributed by atoms with Crippen molar-refractivity contribution in [3.05, 3.63) is 42.1 Å². The van der Waals surface area contributed by atoms with Gasteiger partial charge >= 0.3 is 0 Å². The average molecular weight is 203 g/mol. The maximum Gasteiger partial charge on any atom is 0.0382 e. The van der Waals surface area contributed by atoms with Gasteiger partial charge in [0.25, 0.3) is 0 Å². The van der Waals surface area contributed by atoms with Crippen molar-refractivity contribution in [1.82, 2.24) is 5.32 Å². The lowest BCUT2D eigenvalue weighted by Crippen LogP contribution is -2.11. The molecule has 0 bridgehead atoms. The third kappa shape index (κ3) is 4.42. The Morgan fingerprint density at radius 3 is 3.00 bits per heavy atom. The van der Waals surface area contributed by atoms with Crippen molar-refractivity contribution >= 4 is 11.9 Å². The van der Waals surface area contributed by atoms with Crippen molar-refractivity contribution in [1.29, 1.82) is 5.41 Å². The molecule has 1 aromatic rings. The zero-order valence-corrected chi connectivity index (χ0v) is 8.96. The van der Waals surface area contributed by atoms with Crippen LogP contribution < -0.4 is 10.6 Å². The molecular weight excluding hydrogens is 186 g/mol. The molecule has 1 aromatic carbocycles. The molecule has 0 unspecified atom stereocenters. The average Bonchev–Trinajstić information content (AvgIpc) is 2.27. The summed E-state index contributed by atoms with van der Waals surface area (Å²) in [6, 6.07) is 8.21. The molecule has 3 N–H and O–H groups in total. The fourth-order valence-electron chi connectivity index (χ4n) is 1.23. The van der Waals surface area contributed by atoms with Gasteiger partial charge in [0.15, 0.2) is 0 Å². The zero-order chi connectivity index (χ0) is 10.9. The Bertz CT molecular complexity index is 331. The Balaban J connectivity index is 2.57. The Labute approximate surface area is 90.7 Å². The van der Waals surface area contributed by atoms with Crippen molar-refractivity contribution in [3.8, 4) is 0 Å². The molecule has 0 atom stereocenters. The highest BCUT2D eigenvalue weighted by Crippen LogP contribution is 2.10. The van der Waals surface area contributed by atoms with Gasteiger partial charge in [0.1, 0.15) is 0 Å². The van der Waals surface area contributed by atoms with Gasteiger partial charge in [-0.3, -0.25) is 0 Å². The van der Waals surface area contributed by atoms with Crippen LogP contribution in [0.3, 0.4) is 0 Å². The van der Waals surface area contributed by atoms with Crippen molar-refractivity contribution in [3.63, 3.8) is 0 Å². The summed E-state index contributed by atoms with van der Waals surface area (Å²) in [7, 11) is 0. The minimum atomic E-state index is 0.889. The molecular formula is C12H17N3. The summed E-state index contributed by atoms with van der Waals surface area (Å²) in [5.41, 5.74) is 2.30. The van der Waals surface area contributed by atoms with E-state index in [1.807, 2.05) is 12.1 Å². The fourth-order valence-corrected chi connectivity index (χ4v) is 1.23. The first-order chi connectivity index (χ1) is 7.36. The van der Waals surface area contributed by atoms with Gasteiger partial charge in [0.2, 0.25) is 0 Å². The van der Waals surface area contributed by atoms with Gasteiger partial charge in [-0.15, -0.1) is 0 Å². The predicted molar refractivity (Wildman–Crippen MR) is 65.4 cm³/mol. The third-order valence-electron chi connectivity index (χ3n) is 1.95. The lowest BCUT2D eigenvalue weighted by Gasteiger charge is -2.05. The van der Waals surface area contributed by atoms with Gasteiger partial charge < -0.3 is 16.0 Å². The first kappa shape index (κ1) is 11.5. The van der Waals surface area contributed by atoms with Crippen molar-refractivity contribution in [2.75, 3.05) is 11.9 Å². The van der Waals surface area contributed by atoms with Crippen molar-refractivity contribution < 1.29 is 0 Å². The standard InChI is InChI=1S/C12H17N3/c1-2-14-10-11-5-3-6-12(9-11)15-8-4-7-13/h3-9,13-15H,2,10H2,1H3/b8-4-,13-7?. The summed E-state index contributed by atoms with van der Waals surface area (Å²) in [6.07, 6.45) is 4.64. The van der Waals surface area contributed by atoms with E-state index in [4.69, 9.17) is 5.41 Å². The molecule has 0 amide bonds. The molecule has 1 rings (SSSR count). The lowest BCUT2D eigenvalue weighted by atomic mass is 10.2. The van der Waals surface area contributed by atoms with E-state index in [2.05, 4.69) is 29.7 Å². The number of rotatable bonds is 6. The molecule has 0 radical (unpaired) electrons. The van der Waals surface area contributed by atoms with E-state index in [1.165, 1.54) is 11.8 Å². The van der Waals surface area contributed by atoms with Crippen LogP contribution in [-0.4, -0.2) is 12.8 Å². The Morgan fingerprint density at radius 1 is 1.40 bits per heavy atom. The predicted octanol–water partition coefficient (Wildman–Crippen LogP) is 2.37. The van der Waals surface area contributed by atoms with Gasteiger partial charge in [-0.2, -0.15) is 0 Å². The Hall–Kier alpha value is -1.61. The van der Waals surface area contributed by atoms with Crippen LogP contribution in [0.15, 0.2) is 36.5 Å². The van der Waals surface area contributed by atoms with Crippen molar-refractivity contribution in [2.45, 2.75) is 13.5 Å². The van der Waals surface area contributed by atoms with Crippen LogP contribution in [0.4, 0.5) is 5.69 Å². The minimum absolute atomic E-state index is 0.889. The van der Waals surface area contributed by atoms with Crippen LogP contribution in [0.25, 0.3) is 0 Å². The zero-order valence-electron chi connectivity index (χ0n) is 8.96. The highest BCUT2D eigenvalue weighted by Gasteiger charge is 1.93.